The van der Waals surface area contributed by atoms with Crippen LogP contribution >= 0.6 is 11.6 Å². The summed E-state index contributed by atoms with van der Waals surface area (Å²) in [7, 11) is 1.98. The van der Waals surface area contributed by atoms with Crippen LogP contribution in [0.4, 0.5) is 0 Å². The van der Waals surface area contributed by atoms with E-state index in [0.29, 0.717) is 12.0 Å². The summed E-state index contributed by atoms with van der Waals surface area (Å²) in [5.41, 5.74) is 2.10. The average Bonchev–Trinajstić information content (AvgIpc) is 2.59. The Kier molecular flexibility index (Phi) is 6.87. The van der Waals surface area contributed by atoms with Crippen LogP contribution in [0.15, 0.2) is 0 Å². The lowest BCUT2D eigenvalue weighted by Gasteiger charge is -2.22. The third-order valence-corrected chi connectivity index (χ3v) is 4.14. The monoisotopic (exact) mass is 285 g/mol. The molecule has 0 aliphatic heterocycles. The van der Waals surface area contributed by atoms with Gasteiger partial charge in [-0.25, -0.2) is 0 Å². The van der Waals surface area contributed by atoms with Gasteiger partial charge in [-0.05, 0) is 45.1 Å². The van der Waals surface area contributed by atoms with Gasteiger partial charge in [0.2, 0.25) is 0 Å². The standard InChI is InChI=1S/C15H28ClN3/c1-6-10-17-13(11(2)3)8-7-9-14-15(16)12(4)18-19(14)5/h11,13,17H,6-10H2,1-5H3. The van der Waals surface area contributed by atoms with E-state index in [1.54, 1.807) is 0 Å². The van der Waals surface area contributed by atoms with Gasteiger partial charge in [-0.15, -0.1) is 0 Å². The lowest BCUT2D eigenvalue weighted by atomic mass is 9.97. The molecule has 110 valence electrons. The summed E-state index contributed by atoms with van der Waals surface area (Å²) in [6.07, 6.45) is 4.54. The summed E-state index contributed by atoms with van der Waals surface area (Å²) in [6.45, 7) is 9.85. The van der Waals surface area contributed by atoms with E-state index in [1.165, 1.54) is 12.8 Å². The fourth-order valence-electron chi connectivity index (χ4n) is 2.44. The maximum absolute atomic E-state index is 6.28. The largest absolute Gasteiger partial charge is 0.314 e. The summed E-state index contributed by atoms with van der Waals surface area (Å²) in [5.74, 6) is 0.676. The van der Waals surface area contributed by atoms with Gasteiger partial charge in [0, 0.05) is 13.1 Å². The molecule has 0 bridgehead atoms. The zero-order valence-corrected chi connectivity index (χ0v) is 13.7. The Morgan fingerprint density at radius 2 is 2.05 bits per heavy atom. The molecule has 1 rings (SSSR count). The van der Waals surface area contributed by atoms with Gasteiger partial charge in [-0.3, -0.25) is 4.68 Å². The van der Waals surface area contributed by atoms with Crippen LogP contribution in [0.3, 0.4) is 0 Å². The molecule has 0 saturated heterocycles. The van der Waals surface area contributed by atoms with Crippen LogP contribution in [-0.4, -0.2) is 22.4 Å². The number of nitrogens with zero attached hydrogens (tertiary/aromatic N) is 2. The molecule has 0 spiro atoms. The molecule has 1 atom stereocenters. The number of nitrogens with one attached hydrogen (secondary N) is 1. The molecular formula is C15H28ClN3. The molecule has 0 amide bonds. The zero-order chi connectivity index (χ0) is 14.4. The van der Waals surface area contributed by atoms with E-state index in [0.717, 1.165) is 35.8 Å². The Bertz CT molecular complexity index is 385. The summed E-state index contributed by atoms with van der Waals surface area (Å²) in [4.78, 5) is 0. The Hall–Kier alpha value is -0.540. The van der Waals surface area contributed by atoms with Crippen molar-refractivity contribution in [1.82, 2.24) is 15.1 Å². The summed E-state index contributed by atoms with van der Waals surface area (Å²) < 4.78 is 1.92. The molecule has 0 aliphatic rings. The number of aromatic nitrogens is 2. The van der Waals surface area contributed by atoms with Gasteiger partial charge >= 0.3 is 0 Å². The lowest BCUT2D eigenvalue weighted by molar-refractivity contribution is 0.369. The second-order valence-electron chi connectivity index (χ2n) is 5.67. The fourth-order valence-corrected chi connectivity index (χ4v) is 2.70. The van der Waals surface area contributed by atoms with Gasteiger partial charge in [0.25, 0.3) is 0 Å². The third-order valence-electron chi connectivity index (χ3n) is 3.65. The Balaban J connectivity index is 2.47. The SMILES string of the molecule is CCCNC(CCCc1c(Cl)c(C)nn1C)C(C)C. The molecule has 1 heterocycles. The molecule has 1 aromatic heterocycles. The summed E-state index contributed by atoms with van der Waals surface area (Å²) >= 11 is 6.28. The van der Waals surface area contributed by atoms with Gasteiger partial charge in [0.1, 0.15) is 0 Å². The van der Waals surface area contributed by atoms with Gasteiger partial charge in [0.15, 0.2) is 0 Å². The first-order valence-corrected chi connectivity index (χ1v) is 7.76. The van der Waals surface area contributed by atoms with Crippen molar-refractivity contribution in [1.29, 1.82) is 0 Å². The van der Waals surface area contributed by atoms with Crippen molar-refractivity contribution in [2.24, 2.45) is 13.0 Å². The maximum Gasteiger partial charge on any atom is 0.0846 e. The van der Waals surface area contributed by atoms with Crippen molar-refractivity contribution in [3.05, 3.63) is 16.4 Å². The van der Waals surface area contributed by atoms with E-state index >= 15 is 0 Å². The lowest BCUT2D eigenvalue weighted by Crippen LogP contribution is -2.34. The highest BCUT2D eigenvalue weighted by atomic mass is 35.5. The van der Waals surface area contributed by atoms with Crippen molar-refractivity contribution < 1.29 is 0 Å². The van der Waals surface area contributed by atoms with Crippen molar-refractivity contribution in [3.8, 4) is 0 Å². The number of aryl methyl sites for hydroxylation is 2. The van der Waals surface area contributed by atoms with Crippen LogP contribution in [0.5, 0.6) is 0 Å². The predicted molar refractivity (Wildman–Crippen MR) is 82.8 cm³/mol. The van der Waals surface area contributed by atoms with Gasteiger partial charge in [-0.2, -0.15) is 5.10 Å². The molecule has 1 N–H and O–H groups in total. The number of rotatable bonds is 8. The Labute approximate surface area is 122 Å². The average molecular weight is 286 g/mol. The van der Waals surface area contributed by atoms with E-state index in [9.17, 15) is 0 Å². The molecule has 0 aliphatic carbocycles. The second-order valence-corrected chi connectivity index (χ2v) is 6.04. The van der Waals surface area contributed by atoms with Crippen LogP contribution in [0.2, 0.25) is 5.02 Å². The van der Waals surface area contributed by atoms with Gasteiger partial charge in [-0.1, -0.05) is 32.4 Å². The Morgan fingerprint density at radius 3 is 2.53 bits per heavy atom. The van der Waals surface area contributed by atoms with Crippen molar-refractivity contribution in [2.75, 3.05) is 6.54 Å². The third kappa shape index (κ3) is 4.81. The highest BCUT2D eigenvalue weighted by Gasteiger charge is 2.14. The molecule has 1 unspecified atom stereocenters. The molecular weight excluding hydrogens is 258 g/mol. The fraction of sp³-hybridized carbons (Fsp3) is 0.800. The normalized spacial score (nSPS) is 13.2. The molecule has 0 saturated carbocycles. The van der Waals surface area contributed by atoms with Crippen LogP contribution in [-0.2, 0) is 13.5 Å². The van der Waals surface area contributed by atoms with Crippen molar-refractivity contribution >= 4 is 11.6 Å². The molecule has 0 radical (unpaired) electrons. The van der Waals surface area contributed by atoms with Crippen LogP contribution in [0, 0.1) is 12.8 Å². The van der Waals surface area contributed by atoms with Gasteiger partial charge in [0.05, 0.1) is 16.4 Å². The molecule has 1 aromatic rings. The molecule has 3 nitrogen and oxygen atoms in total. The minimum absolute atomic E-state index is 0.605. The topological polar surface area (TPSA) is 29.9 Å². The number of hydrogen-bond donors (Lipinski definition) is 1. The van der Waals surface area contributed by atoms with E-state index in [-0.39, 0.29) is 0 Å². The smallest absolute Gasteiger partial charge is 0.0846 e. The number of halogens is 1. The minimum atomic E-state index is 0.605. The zero-order valence-electron chi connectivity index (χ0n) is 13.0. The van der Waals surface area contributed by atoms with Crippen molar-refractivity contribution in [2.45, 2.75) is 59.4 Å². The predicted octanol–water partition coefficient (Wildman–Crippen LogP) is 3.73. The van der Waals surface area contributed by atoms with Crippen molar-refractivity contribution in [3.63, 3.8) is 0 Å². The minimum Gasteiger partial charge on any atom is -0.314 e. The summed E-state index contributed by atoms with van der Waals surface area (Å²) in [5, 5.41) is 8.83. The first-order chi connectivity index (χ1) is 8.97. The van der Waals surface area contributed by atoms with E-state index < -0.39 is 0 Å². The van der Waals surface area contributed by atoms with Gasteiger partial charge < -0.3 is 5.32 Å². The first kappa shape index (κ1) is 16.5. The highest BCUT2D eigenvalue weighted by molar-refractivity contribution is 6.31. The summed E-state index contributed by atoms with van der Waals surface area (Å²) in [6, 6.07) is 0.605. The van der Waals surface area contributed by atoms with E-state index in [1.807, 2.05) is 18.7 Å². The number of hydrogen-bond acceptors (Lipinski definition) is 2. The molecule has 19 heavy (non-hydrogen) atoms. The van der Waals surface area contributed by atoms with Crippen LogP contribution in [0.1, 0.15) is 51.4 Å². The second kappa shape index (κ2) is 7.91. The highest BCUT2D eigenvalue weighted by Crippen LogP contribution is 2.22. The van der Waals surface area contributed by atoms with E-state index in [2.05, 4.69) is 31.2 Å². The maximum atomic E-state index is 6.28. The molecule has 0 fully saturated rings. The first-order valence-electron chi connectivity index (χ1n) is 7.38. The molecule has 4 heteroatoms. The Morgan fingerprint density at radius 1 is 1.37 bits per heavy atom. The van der Waals surface area contributed by atoms with Crippen LogP contribution < -0.4 is 5.32 Å². The van der Waals surface area contributed by atoms with E-state index in [4.69, 9.17) is 11.6 Å². The molecule has 0 aromatic carbocycles. The quantitative estimate of drug-likeness (QED) is 0.789. The van der Waals surface area contributed by atoms with Crippen LogP contribution in [0.25, 0.3) is 0 Å².